The van der Waals surface area contributed by atoms with E-state index in [0.717, 1.165) is 17.1 Å². The zero-order chi connectivity index (χ0) is 14.8. The van der Waals surface area contributed by atoms with Gasteiger partial charge >= 0.3 is 0 Å². The lowest BCUT2D eigenvalue weighted by atomic mass is 9.99. The molecule has 1 aromatic rings. The molecule has 1 atom stereocenters. The van der Waals surface area contributed by atoms with Crippen molar-refractivity contribution >= 4 is 10.0 Å². The fourth-order valence-electron chi connectivity index (χ4n) is 1.88. The van der Waals surface area contributed by atoms with E-state index in [0.29, 0.717) is 6.61 Å². The predicted octanol–water partition coefficient (Wildman–Crippen LogP) is 0.976. The van der Waals surface area contributed by atoms with Crippen LogP contribution in [-0.4, -0.2) is 30.6 Å². The van der Waals surface area contributed by atoms with Gasteiger partial charge in [-0.3, -0.25) is 4.68 Å². The Kier molecular flexibility index (Phi) is 4.98. The Labute approximate surface area is 115 Å². The summed E-state index contributed by atoms with van der Waals surface area (Å²) in [5, 5.41) is 9.36. The normalized spacial score (nSPS) is 13.8. The summed E-state index contributed by atoms with van der Waals surface area (Å²) in [7, 11) is -1.64. The van der Waals surface area contributed by atoms with Gasteiger partial charge in [-0.15, -0.1) is 0 Å². The van der Waals surface area contributed by atoms with Crippen LogP contribution in [0.2, 0.25) is 0 Å². The van der Waals surface area contributed by atoms with Crippen LogP contribution in [0.1, 0.15) is 25.2 Å². The van der Waals surface area contributed by atoms with Crippen LogP contribution >= 0.6 is 0 Å². The topological polar surface area (TPSA) is 87.2 Å². The molecule has 0 fully saturated rings. The average Bonchev–Trinajstić information content (AvgIpc) is 2.47. The van der Waals surface area contributed by atoms with Crippen LogP contribution in [0, 0.1) is 25.7 Å². The van der Waals surface area contributed by atoms with Crippen molar-refractivity contribution in [3.8, 4) is 5.75 Å². The first-order chi connectivity index (χ1) is 8.61. The van der Waals surface area contributed by atoms with Crippen LogP contribution in [0.3, 0.4) is 0 Å². The minimum Gasteiger partial charge on any atom is -0.489 e. The van der Waals surface area contributed by atoms with Crippen LogP contribution in [-0.2, 0) is 17.1 Å². The van der Waals surface area contributed by atoms with E-state index < -0.39 is 10.0 Å². The number of hydrogen-bond acceptors (Lipinski definition) is 4. The molecule has 2 N–H and O–H groups in total. The van der Waals surface area contributed by atoms with Crippen molar-refractivity contribution < 1.29 is 13.2 Å². The van der Waals surface area contributed by atoms with E-state index in [1.807, 2.05) is 34.7 Å². The number of rotatable bonds is 6. The molecular formula is C12H23N3O3S. The Morgan fingerprint density at radius 2 is 1.95 bits per heavy atom. The van der Waals surface area contributed by atoms with Gasteiger partial charge in [0.2, 0.25) is 10.0 Å². The van der Waals surface area contributed by atoms with Gasteiger partial charge in [0.1, 0.15) is 5.69 Å². The molecule has 0 aliphatic rings. The molecule has 0 aliphatic heterocycles. The number of primary sulfonamides is 1. The van der Waals surface area contributed by atoms with Gasteiger partial charge in [0, 0.05) is 13.0 Å². The van der Waals surface area contributed by atoms with Crippen molar-refractivity contribution in [3.05, 3.63) is 11.4 Å². The Balaban J connectivity index is 2.77. The van der Waals surface area contributed by atoms with Gasteiger partial charge in [-0.05, 0) is 19.8 Å². The third kappa shape index (κ3) is 4.50. The van der Waals surface area contributed by atoms with Crippen LogP contribution in [0.5, 0.6) is 5.75 Å². The van der Waals surface area contributed by atoms with E-state index >= 15 is 0 Å². The lowest BCUT2D eigenvalue weighted by Crippen LogP contribution is -2.30. The number of sulfonamides is 1. The molecule has 0 bridgehead atoms. The van der Waals surface area contributed by atoms with Crippen molar-refractivity contribution in [1.29, 1.82) is 0 Å². The van der Waals surface area contributed by atoms with E-state index in [4.69, 9.17) is 9.88 Å². The molecule has 1 heterocycles. The maximum Gasteiger partial charge on any atom is 0.209 e. The second-order valence-electron chi connectivity index (χ2n) is 5.27. The van der Waals surface area contributed by atoms with E-state index in [-0.39, 0.29) is 17.6 Å². The summed E-state index contributed by atoms with van der Waals surface area (Å²) in [4.78, 5) is 0. The highest BCUT2D eigenvalue weighted by Crippen LogP contribution is 2.23. The number of ether oxygens (including phenoxy) is 1. The van der Waals surface area contributed by atoms with Gasteiger partial charge in [-0.25, -0.2) is 13.6 Å². The molecule has 0 amide bonds. The maximum absolute atomic E-state index is 11.2. The monoisotopic (exact) mass is 289 g/mol. The molecule has 19 heavy (non-hydrogen) atoms. The SMILES string of the molecule is Cc1nn(C)c(C)c1OCC(CS(N)(=O)=O)C(C)C. The summed E-state index contributed by atoms with van der Waals surface area (Å²) in [6, 6.07) is 0. The molecule has 1 unspecified atom stereocenters. The summed E-state index contributed by atoms with van der Waals surface area (Å²) >= 11 is 0. The molecule has 0 spiro atoms. The van der Waals surface area contributed by atoms with Gasteiger partial charge in [0.05, 0.1) is 18.1 Å². The Morgan fingerprint density at radius 1 is 1.37 bits per heavy atom. The molecule has 0 saturated carbocycles. The number of aryl methyl sites for hydroxylation is 2. The number of aromatic nitrogens is 2. The molecule has 6 nitrogen and oxygen atoms in total. The van der Waals surface area contributed by atoms with Gasteiger partial charge in [-0.1, -0.05) is 13.8 Å². The van der Waals surface area contributed by atoms with Gasteiger partial charge in [-0.2, -0.15) is 5.10 Å². The number of nitrogens with zero attached hydrogens (tertiary/aromatic N) is 2. The van der Waals surface area contributed by atoms with Crippen molar-refractivity contribution in [3.63, 3.8) is 0 Å². The van der Waals surface area contributed by atoms with Crippen molar-refractivity contribution in [2.24, 2.45) is 24.0 Å². The summed E-state index contributed by atoms with van der Waals surface area (Å²) < 4.78 is 29.9. The van der Waals surface area contributed by atoms with Crippen molar-refractivity contribution in [2.75, 3.05) is 12.4 Å². The highest BCUT2D eigenvalue weighted by molar-refractivity contribution is 7.89. The minimum atomic E-state index is -3.49. The first-order valence-electron chi connectivity index (χ1n) is 6.25. The summed E-state index contributed by atoms with van der Waals surface area (Å²) in [5.41, 5.74) is 1.73. The fourth-order valence-corrected chi connectivity index (χ4v) is 2.96. The molecule has 0 saturated heterocycles. The molecule has 7 heteroatoms. The Morgan fingerprint density at radius 3 is 2.32 bits per heavy atom. The van der Waals surface area contributed by atoms with Gasteiger partial charge in [0.15, 0.2) is 5.75 Å². The molecular weight excluding hydrogens is 266 g/mol. The van der Waals surface area contributed by atoms with E-state index in [9.17, 15) is 8.42 Å². The van der Waals surface area contributed by atoms with Crippen LogP contribution in [0.4, 0.5) is 0 Å². The molecule has 0 aromatic carbocycles. The highest BCUT2D eigenvalue weighted by atomic mass is 32.2. The number of nitrogens with two attached hydrogens (primary N) is 1. The lowest BCUT2D eigenvalue weighted by Gasteiger charge is -2.20. The summed E-state index contributed by atoms with van der Waals surface area (Å²) in [5.74, 6) is 0.704. The maximum atomic E-state index is 11.2. The van der Waals surface area contributed by atoms with E-state index in [2.05, 4.69) is 5.10 Å². The first-order valence-corrected chi connectivity index (χ1v) is 7.96. The predicted molar refractivity (Wildman–Crippen MR) is 74.5 cm³/mol. The first kappa shape index (κ1) is 16.0. The largest absolute Gasteiger partial charge is 0.489 e. The lowest BCUT2D eigenvalue weighted by molar-refractivity contribution is 0.222. The smallest absolute Gasteiger partial charge is 0.209 e. The molecule has 110 valence electrons. The molecule has 0 aliphatic carbocycles. The van der Waals surface area contributed by atoms with Crippen LogP contribution in [0.25, 0.3) is 0 Å². The van der Waals surface area contributed by atoms with Gasteiger partial charge in [0.25, 0.3) is 0 Å². The highest BCUT2D eigenvalue weighted by Gasteiger charge is 2.21. The van der Waals surface area contributed by atoms with E-state index in [1.54, 1.807) is 4.68 Å². The quantitative estimate of drug-likeness (QED) is 0.845. The van der Waals surface area contributed by atoms with Crippen LogP contribution in [0.15, 0.2) is 0 Å². The molecule has 1 rings (SSSR count). The van der Waals surface area contributed by atoms with Crippen molar-refractivity contribution in [1.82, 2.24) is 9.78 Å². The second-order valence-corrected chi connectivity index (χ2v) is 6.93. The zero-order valence-corrected chi connectivity index (χ0v) is 13.0. The minimum absolute atomic E-state index is 0.0664. The third-order valence-corrected chi connectivity index (χ3v) is 4.17. The van der Waals surface area contributed by atoms with Gasteiger partial charge < -0.3 is 4.74 Å². The number of hydrogen-bond donors (Lipinski definition) is 1. The fraction of sp³-hybridized carbons (Fsp3) is 0.750. The third-order valence-electron chi connectivity index (χ3n) is 3.27. The molecule has 0 radical (unpaired) electrons. The Hall–Kier alpha value is -1.08. The molecule has 1 aromatic heterocycles. The Bertz CT molecular complexity index is 535. The van der Waals surface area contributed by atoms with E-state index in [1.165, 1.54) is 0 Å². The zero-order valence-electron chi connectivity index (χ0n) is 12.2. The van der Waals surface area contributed by atoms with Crippen LogP contribution < -0.4 is 9.88 Å². The second kappa shape index (κ2) is 5.92. The summed E-state index contributed by atoms with van der Waals surface area (Å²) in [6.45, 7) is 8.03. The average molecular weight is 289 g/mol. The summed E-state index contributed by atoms with van der Waals surface area (Å²) in [6.07, 6.45) is 0. The van der Waals surface area contributed by atoms with Crippen molar-refractivity contribution in [2.45, 2.75) is 27.7 Å². The standard InChI is InChI=1S/C12H23N3O3S/c1-8(2)11(7-19(13,16)17)6-18-12-9(3)14-15(5)10(12)4/h8,11H,6-7H2,1-5H3,(H2,13,16,17).